The molecule has 0 radical (unpaired) electrons. The van der Waals surface area contributed by atoms with E-state index in [1.807, 2.05) is 25.1 Å². The average Bonchev–Trinajstić information content (AvgIpc) is 2.91. The van der Waals surface area contributed by atoms with Crippen LogP contribution in [-0.2, 0) is 31.6 Å². The van der Waals surface area contributed by atoms with Gasteiger partial charge in [-0.15, -0.1) is 0 Å². The van der Waals surface area contributed by atoms with Gasteiger partial charge in [-0.1, -0.05) is 42.8 Å². The van der Waals surface area contributed by atoms with Crippen molar-refractivity contribution in [3.8, 4) is 0 Å². The summed E-state index contributed by atoms with van der Waals surface area (Å²) in [5, 5.41) is 3.37. The second kappa shape index (κ2) is 12.0. The van der Waals surface area contributed by atoms with Crippen molar-refractivity contribution in [1.82, 2.24) is 10.2 Å². The van der Waals surface area contributed by atoms with Crippen LogP contribution in [0, 0.1) is 17.8 Å². The lowest BCUT2D eigenvalue weighted by Gasteiger charge is -2.57. The first-order chi connectivity index (χ1) is 19.5. The summed E-state index contributed by atoms with van der Waals surface area (Å²) in [4.78, 5) is 28.1. The minimum atomic E-state index is -3.78. The van der Waals surface area contributed by atoms with Gasteiger partial charge in [-0.3, -0.25) is 13.9 Å². The highest BCUT2D eigenvalue weighted by molar-refractivity contribution is 7.92. The van der Waals surface area contributed by atoms with Crippen molar-refractivity contribution < 1.29 is 18.0 Å². The van der Waals surface area contributed by atoms with Crippen molar-refractivity contribution in [2.45, 2.75) is 76.8 Å². The lowest BCUT2D eigenvalue weighted by Crippen LogP contribution is -2.51. The molecule has 4 saturated carbocycles. The number of hydrogen-bond acceptors (Lipinski definition) is 4. The summed E-state index contributed by atoms with van der Waals surface area (Å²) < 4.78 is 27.2. The van der Waals surface area contributed by atoms with Crippen LogP contribution < -0.4 is 9.62 Å². The van der Waals surface area contributed by atoms with Crippen LogP contribution in [0.3, 0.4) is 0 Å². The molecular formula is C32H42ClN3O4S. The summed E-state index contributed by atoms with van der Waals surface area (Å²) >= 11 is 6.18. The van der Waals surface area contributed by atoms with E-state index in [0.29, 0.717) is 17.3 Å². The zero-order valence-corrected chi connectivity index (χ0v) is 25.9. The lowest BCUT2D eigenvalue weighted by atomic mass is 9.48. The van der Waals surface area contributed by atoms with Crippen molar-refractivity contribution in [2.24, 2.45) is 17.8 Å². The smallest absolute Gasteiger partial charge is 0.244 e. The Balaban J connectivity index is 1.38. The summed E-state index contributed by atoms with van der Waals surface area (Å²) in [5.41, 5.74) is 2.71. The Hall–Kier alpha value is -2.58. The molecule has 0 aliphatic heterocycles. The number of rotatable bonds is 11. The maximum Gasteiger partial charge on any atom is 0.244 e. The molecule has 4 aliphatic rings. The number of carbonyl (C=O) groups is 2. The molecule has 9 heteroatoms. The van der Waals surface area contributed by atoms with Crippen molar-refractivity contribution in [3.63, 3.8) is 0 Å². The van der Waals surface area contributed by atoms with Crippen LogP contribution in [0.2, 0.25) is 5.02 Å². The molecule has 2 amide bonds. The molecule has 6 rings (SSSR count). The van der Waals surface area contributed by atoms with Gasteiger partial charge in [-0.05, 0) is 110 Å². The van der Waals surface area contributed by atoms with Crippen molar-refractivity contribution in [3.05, 3.63) is 64.7 Å². The highest BCUT2D eigenvalue weighted by atomic mass is 35.5. The third kappa shape index (κ3) is 6.59. The zero-order chi connectivity index (χ0) is 29.4. The van der Waals surface area contributed by atoms with Crippen LogP contribution in [0.4, 0.5) is 5.69 Å². The van der Waals surface area contributed by atoms with E-state index in [1.54, 1.807) is 25.1 Å². The molecule has 222 valence electrons. The molecule has 0 heterocycles. The van der Waals surface area contributed by atoms with E-state index < -0.39 is 28.5 Å². The number of sulfonamides is 1. The van der Waals surface area contributed by atoms with Gasteiger partial charge in [-0.2, -0.15) is 0 Å². The molecule has 7 nitrogen and oxygen atoms in total. The average molecular weight is 600 g/mol. The van der Waals surface area contributed by atoms with Crippen molar-refractivity contribution in [2.75, 3.05) is 23.7 Å². The SMILES string of the molecule is CCCNC(=O)C(C)N(Cc1cccc(Cl)c1)C(=O)CN(c1ccc(C23CC4CC(CC(C4)C2)C3)cc1)S(C)(=O)=O. The molecule has 0 aromatic heterocycles. The minimum Gasteiger partial charge on any atom is -0.354 e. The van der Waals surface area contributed by atoms with Crippen LogP contribution in [0.25, 0.3) is 0 Å². The third-order valence-corrected chi connectivity index (χ3v) is 10.8. The van der Waals surface area contributed by atoms with E-state index in [9.17, 15) is 18.0 Å². The topological polar surface area (TPSA) is 86.8 Å². The zero-order valence-electron chi connectivity index (χ0n) is 24.3. The molecular weight excluding hydrogens is 558 g/mol. The summed E-state index contributed by atoms with van der Waals surface area (Å²) in [7, 11) is -3.78. The standard InChI is InChI=1S/C32H42ClN3O4S/c1-4-12-34-31(38)22(2)35(20-23-6-5-7-28(33)16-23)30(37)21-36(41(3,39)40)29-10-8-27(9-11-29)32-17-24-13-25(18-32)15-26(14-24)19-32/h5-11,16,22,24-26H,4,12-15,17-21H2,1-3H3,(H,34,38). The minimum absolute atomic E-state index is 0.128. The molecule has 41 heavy (non-hydrogen) atoms. The lowest BCUT2D eigenvalue weighted by molar-refractivity contribution is -0.139. The predicted molar refractivity (Wildman–Crippen MR) is 163 cm³/mol. The Bertz CT molecular complexity index is 1340. The van der Waals surface area contributed by atoms with Crippen LogP contribution in [0.5, 0.6) is 0 Å². The summed E-state index contributed by atoms with van der Waals surface area (Å²) in [6, 6.07) is 14.2. The van der Waals surface area contributed by atoms with Crippen molar-refractivity contribution >= 4 is 39.1 Å². The summed E-state index contributed by atoms with van der Waals surface area (Å²) in [6.45, 7) is 3.84. The van der Waals surface area contributed by atoms with E-state index in [-0.39, 0.29) is 17.9 Å². The van der Waals surface area contributed by atoms with E-state index in [2.05, 4.69) is 17.4 Å². The molecule has 4 fully saturated rings. The van der Waals surface area contributed by atoms with Gasteiger partial charge in [0.05, 0.1) is 11.9 Å². The van der Waals surface area contributed by atoms with Gasteiger partial charge in [0.2, 0.25) is 21.8 Å². The molecule has 1 unspecified atom stereocenters. The molecule has 1 atom stereocenters. The van der Waals surface area contributed by atoms with Gasteiger partial charge < -0.3 is 10.2 Å². The molecule has 0 spiro atoms. The number of amides is 2. The summed E-state index contributed by atoms with van der Waals surface area (Å²) in [5.74, 6) is 1.70. The summed E-state index contributed by atoms with van der Waals surface area (Å²) in [6.07, 6.45) is 9.65. The Morgan fingerprint density at radius 2 is 1.63 bits per heavy atom. The number of benzene rings is 2. The maximum atomic E-state index is 13.8. The molecule has 4 bridgehead atoms. The van der Waals surface area contributed by atoms with Crippen LogP contribution in [0.15, 0.2) is 48.5 Å². The highest BCUT2D eigenvalue weighted by Gasteiger charge is 2.51. The van der Waals surface area contributed by atoms with Gasteiger partial charge in [0.25, 0.3) is 0 Å². The predicted octanol–water partition coefficient (Wildman–Crippen LogP) is 5.52. The highest BCUT2D eigenvalue weighted by Crippen LogP contribution is 2.60. The first-order valence-corrected chi connectivity index (χ1v) is 17.1. The number of carbonyl (C=O) groups excluding carboxylic acids is 2. The first-order valence-electron chi connectivity index (χ1n) is 14.9. The first kappa shape index (κ1) is 29.9. The molecule has 1 N–H and O–H groups in total. The number of hydrogen-bond donors (Lipinski definition) is 1. The second-order valence-corrected chi connectivity index (χ2v) is 15.0. The third-order valence-electron chi connectivity index (χ3n) is 9.44. The van der Waals surface area contributed by atoms with E-state index >= 15 is 0 Å². The van der Waals surface area contributed by atoms with Gasteiger partial charge in [0.15, 0.2) is 0 Å². The van der Waals surface area contributed by atoms with Crippen LogP contribution in [-0.4, -0.2) is 50.5 Å². The Labute approximate surface area is 249 Å². The number of anilines is 1. The van der Waals surface area contributed by atoms with Gasteiger partial charge in [0, 0.05) is 18.1 Å². The van der Waals surface area contributed by atoms with Gasteiger partial charge in [0.1, 0.15) is 12.6 Å². The second-order valence-electron chi connectivity index (χ2n) is 12.6. The Kier molecular flexibility index (Phi) is 8.72. The fraction of sp³-hybridized carbons (Fsp3) is 0.562. The molecule has 2 aromatic rings. The van der Waals surface area contributed by atoms with Gasteiger partial charge >= 0.3 is 0 Å². The number of nitrogens with one attached hydrogen (secondary N) is 1. The number of nitrogens with zero attached hydrogens (tertiary/aromatic N) is 2. The fourth-order valence-corrected chi connectivity index (χ4v) is 8.93. The van der Waals surface area contributed by atoms with Crippen LogP contribution in [0.1, 0.15) is 69.9 Å². The van der Waals surface area contributed by atoms with E-state index in [1.165, 1.54) is 49.0 Å². The van der Waals surface area contributed by atoms with E-state index in [0.717, 1.165) is 40.3 Å². The largest absolute Gasteiger partial charge is 0.354 e. The molecule has 0 saturated heterocycles. The van der Waals surface area contributed by atoms with Crippen molar-refractivity contribution in [1.29, 1.82) is 0 Å². The normalized spacial score (nSPS) is 25.5. The maximum absolute atomic E-state index is 13.8. The monoisotopic (exact) mass is 599 g/mol. The van der Waals surface area contributed by atoms with Gasteiger partial charge in [-0.25, -0.2) is 8.42 Å². The Morgan fingerprint density at radius 3 is 2.17 bits per heavy atom. The fourth-order valence-electron chi connectivity index (χ4n) is 7.87. The Morgan fingerprint density at radius 1 is 1.02 bits per heavy atom. The van der Waals surface area contributed by atoms with Crippen LogP contribution >= 0.6 is 11.6 Å². The van der Waals surface area contributed by atoms with E-state index in [4.69, 9.17) is 11.6 Å². The molecule has 2 aromatic carbocycles. The molecule has 4 aliphatic carbocycles. The number of halogens is 1. The quantitative estimate of drug-likeness (QED) is 0.369.